The molecule has 0 heterocycles. The molecular weight excluding hydrogens is 363 g/mol. The van der Waals surface area contributed by atoms with Crippen molar-refractivity contribution in [3.05, 3.63) is 76.1 Å². The number of allylic oxidation sites excluding steroid dienone is 1. The molecule has 0 spiro atoms. The van der Waals surface area contributed by atoms with Crippen molar-refractivity contribution in [1.82, 2.24) is 0 Å². The van der Waals surface area contributed by atoms with Gasteiger partial charge in [0.05, 0.1) is 6.42 Å². The smallest absolute Gasteiger partial charge is 0.304 e. The highest BCUT2D eigenvalue weighted by molar-refractivity contribution is 5.78. The molecule has 29 heavy (non-hydrogen) atoms. The molecule has 3 unspecified atom stereocenters. The van der Waals surface area contributed by atoms with Crippen LogP contribution in [0.15, 0.2) is 48.0 Å². The second kappa shape index (κ2) is 8.52. The van der Waals surface area contributed by atoms with Gasteiger partial charge in [0.1, 0.15) is 5.82 Å². The largest absolute Gasteiger partial charge is 0.481 e. The highest BCUT2D eigenvalue weighted by atomic mass is 19.1. The Bertz CT molecular complexity index is 930. The molecule has 0 fully saturated rings. The van der Waals surface area contributed by atoms with E-state index in [4.69, 9.17) is 0 Å². The molecule has 154 valence electrons. The summed E-state index contributed by atoms with van der Waals surface area (Å²) in [4.78, 5) is 12.0. The Morgan fingerprint density at radius 1 is 1.17 bits per heavy atom. The Morgan fingerprint density at radius 2 is 1.90 bits per heavy atom. The summed E-state index contributed by atoms with van der Waals surface area (Å²) in [6.45, 7) is 8.47. The zero-order valence-corrected chi connectivity index (χ0v) is 17.8. The first-order valence-electron chi connectivity index (χ1n) is 10.6. The normalized spacial score (nSPS) is 20.1. The third-order valence-corrected chi connectivity index (χ3v) is 6.73. The summed E-state index contributed by atoms with van der Waals surface area (Å²) in [5.41, 5.74) is 4.70. The highest BCUT2D eigenvalue weighted by Crippen LogP contribution is 2.53. The third-order valence-electron chi connectivity index (χ3n) is 6.73. The van der Waals surface area contributed by atoms with Gasteiger partial charge in [-0.1, -0.05) is 69.2 Å². The molecule has 2 aromatic rings. The van der Waals surface area contributed by atoms with E-state index in [9.17, 15) is 14.3 Å². The highest BCUT2D eigenvalue weighted by Gasteiger charge is 2.45. The van der Waals surface area contributed by atoms with Crippen molar-refractivity contribution in [3.63, 3.8) is 0 Å². The SMILES string of the molecule is CCC(C)CCC1(CC(=O)O)C(C(C)c2cc(F)ccc2C)=Cc2ccccc21. The van der Waals surface area contributed by atoms with Gasteiger partial charge >= 0.3 is 5.97 Å². The quantitative estimate of drug-likeness (QED) is 0.530. The van der Waals surface area contributed by atoms with Crippen molar-refractivity contribution in [2.75, 3.05) is 0 Å². The van der Waals surface area contributed by atoms with Crippen LogP contribution in [0.2, 0.25) is 0 Å². The second-order valence-corrected chi connectivity index (χ2v) is 8.61. The van der Waals surface area contributed by atoms with Crippen molar-refractivity contribution in [3.8, 4) is 0 Å². The van der Waals surface area contributed by atoms with Gasteiger partial charge in [-0.2, -0.15) is 0 Å². The first-order chi connectivity index (χ1) is 13.8. The van der Waals surface area contributed by atoms with E-state index in [2.05, 4.69) is 39.0 Å². The molecule has 3 rings (SSSR count). The van der Waals surface area contributed by atoms with Crippen molar-refractivity contribution >= 4 is 12.0 Å². The lowest BCUT2D eigenvalue weighted by molar-refractivity contribution is -0.138. The Labute approximate surface area is 173 Å². The molecule has 1 N–H and O–H groups in total. The molecule has 0 aromatic heterocycles. The zero-order valence-electron chi connectivity index (χ0n) is 17.8. The maximum Gasteiger partial charge on any atom is 0.304 e. The van der Waals surface area contributed by atoms with Crippen molar-refractivity contribution in [1.29, 1.82) is 0 Å². The molecular formula is C26H31FO2. The van der Waals surface area contributed by atoms with Gasteiger partial charge in [0, 0.05) is 11.3 Å². The van der Waals surface area contributed by atoms with Crippen LogP contribution in [-0.4, -0.2) is 11.1 Å². The summed E-state index contributed by atoms with van der Waals surface area (Å²) >= 11 is 0. The Balaban J connectivity index is 2.14. The second-order valence-electron chi connectivity index (χ2n) is 8.61. The van der Waals surface area contributed by atoms with Crippen LogP contribution in [0, 0.1) is 18.7 Å². The van der Waals surface area contributed by atoms with Gasteiger partial charge in [0.15, 0.2) is 0 Å². The lowest BCUT2D eigenvalue weighted by atomic mass is 9.66. The van der Waals surface area contributed by atoms with Crippen LogP contribution in [0.3, 0.4) is 0 Å². The van der Waals surface area contributed by atoms with E-state index in [1.807, 2.05) is 25.1 Å². The average molecular weight is 395 g/mol. The summed E-state index contributed by atoms with van der Waals surface area (Å²) in [5, 5.41) is 9.87. The van der Waals surface area contributed by atoms with Gasteiger partial charge in [0.2, 0.25) is 0 Å². The first kappa shape index (κ1) is 21.3. The Kier molecular flexibility index (Phi) is 6.26. The van der Waals surface area contributed by atoms with Gasteiger partial charge in [-0.05, 0) is 60.1 Å². The number of aryl methyl sites for hydroxylation is 1. The molecule has 0 saturated heterocycles. The minimum absolute atomic E-state index is 0.0605. The molecule has 0 radical (unpaired) electrons. The molecule has 2 nitrogen and oxygen atoms in total. The molecule has 0 amide bonds. The van der Waals surface area contributed by atoms with Crippen molar-refractivity contribution in [2.45, 2.75) is 64.7 Å². The van der Waals surface area contributed by atoms with Gasteiger partial charge in [-0.15, -0.1) is 0 Å². The summed E-state index contributed by atoms with van der Waals surface area (Å²) < 4.78 is 14.0. The molecule has 2 aromatic carbocycles. The fourth-order valence-corrected chi connectivity index (χ4v) is 4.82. The van der Waals surface area contributed by atoms with Crippen LogP contribution in [0.1, 0.15) is 74.6 Å². The topological polar surface area (TPSA) is 37.3 Å². The molecule has 0 bridgehead atoms. The number of fused-ring (bicyclic) bond motifs is 1. The predicted octanol–water partition coefficient (Wildman–Crippen LogP) is 6.87. The van der Waals surface area contributed by atoms with Crippen LogP contribution < -0.4 is 0 Å². The maximum atomic E-state index is 14.0. The molecule has 3 heteroatoms. The van der Waals surface area contributed by atoms with E-state index in [1.165, 1.54) is 6.07 Å². The van der Waals surface area contributed by atoms with Crippen LogP contribution in [0.5, 0.6) is 0 Å². The monoisotopic (exact) mass is 394 g/mol. The van der Waals surface area contributed by atoms with Crippen LogP contribution in [0.4, 0.5) is 4.39 Å². The fraction of sp³-hybridized carbons (Fsp3) is 0.423. The number of aliphatic carboxylic acids is 1. The van der Waals surface area contributed by atoms with E-state index < -0.39 is 11.4 Å². The molecule has 0 aliphatic heterocycles. The Hall–Kier alpha value is -2.42. The molecule has 1 aliphatic carbocycles. The summed E-state index contributed by atoms with van der Waals surface area (Å²) in [7, 11) is 0. The standard InChI is InChI=1S/C26H31FO2/c1-5-17(2)12-13-26(16-25(28)29)23-9-7-6-8-20(23)14-24(26)19(4)22-15-21(27)11-10-18(22)3/h6-11,14-15,17,19H,5,12-13,16H2,1-4H3,(H,28,29). The lowest BCUT2D eigenvalue weighted by Gasteiger charge is -2.37. The number of rotatable bonds is 8. The van der Waals surface area contributed by atoms with Gasteiger partial charge in [0.25, 0.3) is 0 Å². The van der Waals surface area contributed by atoms with Crippen molar-refractivity contribution in [2.24, 2.45) is 5.92 Å². The third kappa shape index (κ3) is 4.14. The minimum atomic E-state index is -0.792. The zero-order chi connectivity index (χ0) is 21.2. The number of hydrogen-bond acceptors (Lipinski definition) is 1. The summed E-state index contributed by atoms with van der Waals surface area (Å²) in [6, 6.07) is 13.0. The van der Waals surface area contributed by atoms with E-state index >= 15 is 0 Å². The van der Waals surface area contributed by atoms with E-state index in [0.717, 1.165) is 47.1 Å². The lowest BCUT2D eigenvalue weighted by Crippen LogP contribution is -2.32. The van der Waals surface area contributed by atoms with Crippen LogP contribution in [-0.2, 0) is 10.2 Å². The van der Waals surface area contributed by atoms with Gasteiger partial charge in [-0.3, -0.25) is 4.79 Å². The Morgan fingerprint density at radius 3 is 2.59 bits per heavy atom. The molecule has 1 aliphatic rings. The average Bonchev–Trinajstić information content (AvgIpc) is 3.01. The maximum absolute atomic E-state index is 14.0. The predicted molar refractivity (Wildman–Crippen MR) is 117 cm³/mol. The number of carboxylic acids is 1. The molecule has 0 saturated carbocycles. The number of benzene rings is 2. The van der Waals surface area contributed by atoms with Crippen LogP contribution >= 0.6 is 0 Å². The first-order valence-corrected chi connectivity index (χ1v) is 10.6. The van der Waals surface area contributed by atoms with Crippen molar-refractivity contribution < 1.29 is 14.3 Å². The molecule has 3 atom stereocenters. The van der Waals surface area contributed by atoms with Gasteiger partial charge < -0.3 is 5.11 Å². The number of hydrogen-bond donors (Lipinski definition) is 1. The number of carbonyl (C=O) groups is 1. The fourth-order valence-electron chi connectivity index (χ4n) is 4.82. The number of halogens is 1. The van der Waals surface area contributed by atoms with Crippen LogP contribution in [0.25, 0.3) is 6.08 Å². The summed E-state index contributed by atoms with van der Waals surface area (Å²) in [6.07, 6.45) is 5.04. The van der Waals surface area contributed by atoms with E-state index in [-0.39, 0.29) is 18.2 Å². The number of carboxylic acid groups (broad SMARTS) is 1. The summed E-state index contributed by atoms with van der Waals surface area (Å²) in [5.74, 6) is -0.577. The van der Waals surface area contributed by atoms with E-state index in [1.54, 1.807) is 6.07 Å². The van der Waals surface area contributed by atoms with E-state index in [0.29, 0.717) is 5.92 Å². The van der Waals surface area contributed by atoms with Gasteiger partial charge in [-0.25, -0.2) is 4.39 Å². The minimum Gasteiger partial charge on any atom is -0.481 e.